The van der Waals surface area contributed by atoms with E-state index >= 15 is 0 Å². The van der Waals surface area contributed by atoms with Gasteiger partial charge in [-0.25, -0.2) is 0 Å². The molecule has 26 heavy (non-hydrogen) atoms. The van der Waals surface area contributed by atoms with Gasteiger partial charge in [0.2, 0.25) is 5.91 Å². The molecule has 0 radical (unpaired) electrons. The van der Waals surface area contributed by atoms with Crippen molar-refractivity contribution in [3.8, 4) is 5.75 Å². The molecular formula is C21H24N2O2S. The van der Waals surface area contributed by atoms with Gasteiger partial charge in [-0.05, 0) is 55.1 Å². The van der Waals surface area contributed by atoms with Crippen molar-refractivity contribution in [1.82, 2.24) is 9.88 Å². The number of fused-ring (bicyclic) bond motifs is 1. The smallest absolute Gasteiger partial charge is 0.233 e. The highest BCUT2D eigenvalue weighted by atomic mass is 32.2. The first-order chi connectivity index (χ1) is 12.7. The van der Waals surface area contributed by atoms with Crippen molar-refractivity contribution in [3.05, 3.63) is 60.8 Å². The summed E-state index contributed by atoms with van der Waals surface area (Å²) in [6.07, 6.45) is 3.01. The van der Waals surface area contributed by atoms with E-state index in [-0.39, 0.29) is 11.2 Å². The van der Waals surface area contributed by atoms with Crippen LogP contribution in [0, 0.1) is 0 Å². The molecule has 3 rings (SSSR count). The summed E-state index contributed by atoms with van der Waals surface area (Å²) in [5.41, 5.74) is 1.24. The average Bonchev–Trinajstić information content (AvgIpc) is 3.09. The van der Waals surface area contributed by atoms with Crippen LogP contribution in [0.5, 0.6) is 5.75 Å². The van der Waals surface area contributed by atoms with Gasteiger partial charge in [-0.3, -0.25) is 4.79 Å². The minimum Gasteiger partial charge on any atom is -0.497 e. The van der Waals surface area contributed by atoms with Crippen molar-refractivity contribution >= 4 is 28.6 Å². The van der Waals surface area contributed by atoms with Gasteiger partial charge in [0.05, 0.1) is 12.4 Å². The number of nitrogens with one attached hydrogen (secondary N) is 1. The monoisotopic (exact) mass is 368 g/mol. The molecule has 3 aromatic rings. The van der Waals surface area contributed by atoms with Gasteiger partial charge in [-0.2, -0.15) is 0 Å². The van der Waals surface area contributed by atoms with Crippen molar-refractivity contribution in [2.24, 2.45) is 0 Å². The van der Waals surface area contributed by atoms with E-state index < -0.39 is 0 Å². The summed E-state index contributed by atoms with van der Waals surface area (Å²) in [6.45, 7) is 3.51. The number of amides is 1. The molecule has 1 heterocycles. The molecule has 0 saturated heterocycles. The maximum Gasteiger partial charge on any atom is 0.233 e. The van der Waals surface area contributed by atoms with Gasteiger partial charge >= 0.3 is 0 Å². The molecule has 1 amide bonds. The zero-order valence-electron chi connectivity index (χ0n) is 15.1. The van der Waals surface area contributed by atoms with E-state index in [1.807, 2.05) is 31.2 Å². The molecule has 1 atom stereocenters. The predicted octanol–water partition coefficient (Wildman–Crippen LogP) is 4.34. The van der Waals surface area contributed by atoms with Gasteiger partial charge < -0.3 is 14.6 Å². The number of aryl methyl sites for hydroxylation is 1. The Labute approximate surface area is 158 Å². The lowest BCUT2D eigenvalue weighted by Crippen LogP contribution is -2.32. The van der Waals surface area contributed by atoms with Crippen molar-refractivity contribution in [3.63, 3.8) is 0 Å². The molecule has 0 aliphatic carbocycles. The first-order valence-corrected chi connectivity index (χ1v) is 9.67. The Morgan fingerprint density at radius 2 is 1.92 bits per heavy atom. The van der Waals surface area contributed by atoms with E-state index in [0.29, 0.717) is 6.54 Å². The summed E-state index contributed by atoms with van der Waals surface area (Å²) in [5.74, 6) is 0.896. The third-order valence-corrected chi connectivity index (χ3v) is 5.41. The minimum atomic E-state index is -0.129. The van der Waals surface area contributed by atoms with E-state index in [1.54, 1.807) is 18.9 Å². The van der Waals surface area contributed by atoms with E-state index in [2.05, 4.69) is 46.4 Å². The SMILES string of the molecule is COc1ccc(SC(C)C(=O)NCCCn2ccc3ccccc32)cc1. The second kappa shape index (κ2) is 8.81. The molecule has 136 valence electrons. The van der Waals surface area contributed by atoms with Crippen LogP contribution in [-0.2, 0) is 11.3 Å². The van der Waals surface area contributed by atoms with Crippen LogP contribution in [0.1, 0.15) is 13.3 Å². The summed E-state index contributed by atoms with van der Waals surface area (Å²) in [5, 5.41) is 4.16. The minimum absolute atomic E-state index is 0.0724. The van der Waals surface area contributed by atoms with E-state index in [1.165, 1.54) is 10.9 Å². The number of methoxy groups -OCH3 is 1. The summed E-state index contributed by atoms with van der Waals surface area (Å²) < 4.78 is 7.39. The van der Waals surface area contributed by atoms with Crippen molar-refractivity contribution < 1.29 is 9.53 Å². The highest BCUT2D eigenvalue weighted by molar-refractivity contribution is 8.00. The standard InChI is InChI=1S/C21H24N2O2S/c1-16(26-19-10-8-18(25-2)9-11-19)21(24)22-13-5-14-23-15-12-17-6-3-4-7-20(17)23/h3-4,6-12,15-16H,5,13-14H2,1-2H3,(H,22,24). The van der Waals surface area contributed by atoms with E-state index in [9.17, 15) is 4.79 Å². The van der Waals surface area contributed by atoms with Crippen molar-refractivity contribution in [2.45, 2.75) is 30.0 Å². The fraction of sp³-hybridized carbons (Fsp3) is 0.286. The largest absolute Gasteiger partial charge is 0.497 e. The molecule has 5 heteroatoms. The number of nitrogens with zero attached hydrogens (tertiary/aromatic N) is 1. The highest BCUT2D eigenvalue weighted by Gasteiger charge is 2.13. The predicted molar refractivity (Wildman–Crippen MR) is 108 cm³/mol. The normalized spacial score (nSPS) is 12.1. The Morgan fingerprint density at radius 1 is 1.15 bits per heavy atom. The van der Waals surface area contributed by atoms with Gasteiger partial charge in [-0.15, -0.1) is 11.8 Å². The van der Waals surface area contributed by atoms with Crippen LogP contribution in [0.15, 0.2) is 65.7 Å². The van der Waals surface area contributed by atoms with Gasteiger partial charge in [-0.1, -0.05) is 18.2 Å². The number of carbonyl (C=O) groups excluding carboxylic acids is 1. The number of thioether (sulfide) groups is 1. The lowest BCUT2D eigenvalue weighted by Gasteiger charge is -2.12. The van der Waals surface area contributed by atoms with E-state index in [4.69, 9.17) is 4.74 Å². The molecule has 0 saturated carbocycles. The molecule has 0 spiro atoms. The Kier molecular flexibility index (Phi) is 6.23. The lowest BCUT2D eigenvalue weighted by atomic mass is 10.2. The second-order valence-electron chi connectivity index (χ2n) is 6.15. The Bertz CT molecular complexity index is 858. The van der Waals surface area contributed by atoms with Crippen LogP contribution in [0.4, 0.5) is 0 Å². The number of hydrogen-bond acceptors (Lipinski definition) is 3. The van der Waals surface area contributed by atoms with Crippen LogP contribution < -0.4 is 10.1 Å². The van der Waals surface area contributed by atoms with Crippen molar-refractivity contribution in [1.29, 1.82) is 0 Å². The van der Waals surface area contributed by atoms with Crippen LogP contribution in [0.3, 0.4) is 0 Å². The van der Waals surface area contributed by atoms with Crippen LogP contribution >= 0.6 is 11.8 Å². The molecule has 4 nitrogen and oxygen atoms in total. The fourth-order valence-corrected chi connectivity index (χ4v) is 3.74. The van der Waals surface area contributed by atoms with Gasteiger partial charge in [0.15, 0.2) is 0 Å². The third kappa shape index (κ3) is 4.61. The van der Waals surface area contributed by atoms with Crippen LogP contribution in [0.25, 0.3) is 10.9 Å². The summed E-state index contributed by atoms with van der Waals surface area (Å²) >= 11 is 1.56. The maximum atomic E-state index is 12.3. The molecule has 0 bridgehead atoms. The van der Waals surface area contributed by atoms with E-state index in [0.717, 1.165) is 23.6 Å². The quantitative estimate of drug-likeness (QED) is 0.475. The van der Waals surface area contributed by atoms with Gasteiger partial charge in [0.25, 0.3) is 0 Å². The molecule has 2 aromatic carbocycles. The molecule has 1 aromatic heterocycles. The Morgan fingerprint density at radius 3 is 2.69 bits per heavy atom. The second-order valence-corrected chi connectivity index (χ2v) is 7.56. The topological polar surface area (TPSA) is 43.3 Å². The fourth-order valence-electron chi connectivity index (χ4n) is 2.85. The summed E-state index contributed by atoms with van der Waals surface area (Å²) in [7, 11) is 1.65. The lowest BCUT2D eigenvalue weighted by molar-refractivity contribution is -0.120. The third-order valence-electron chi connectivity index (χ3n) is 4.30. The molecule has 1 unspecified atom stereocenters. The highest BCUT2D eigenvalue weighted by Crippen LogP contribution is 2.25. The molecule has 0 aliphatic heterocycles. The van der Waals surface area contributed by atoms with Crippen LogP contribution in [-0.4, -0.2) is 29.4 Å². The van der Waals surface area contributed by atoms with Gasteiger partial charge in [0.1, 0.15) is 5.75 Å². The van der Waals surface area contributed by atoms with Crippen molar-refractivity contribution in [2.75, 3.05) is 13.7 Å². The number of hydrogen-bond donors (Lipinski definition) is 1. The number of rotatable bonds is 8. The molecule has 0 aliphatic rings. The summed E-state index contributed by atoms with van der Waals surface area (Å²) in [4.78, 5) is 13.3. The Hall–Kier alpha value is -2.40. The number of para-hydroxylation sites is 1. The molecule has 0 fully saturated rings. The number of benzene rings is 2. The number of aromatic nitrogens is 1. The average molecular weight is 369 g/mol. The molecule has 1 N–H and O–H groups in total. The zero-order valence-corrected chi connectivity index (χ0v) is 16.0. The first-order valence-electron chi connectivity index (χ1n) is 8.79. The Balaban J connectivity index is 1.43. The summed E-state index contributed by atoms with van der Waals surface area (Å²) in [6, 6.07) is 18.2. The van der Waals surface area contributed by atoms with Crippen LogP contribution in [0.2, 0.25) is 0 Å². The maximum absolute atomic E-state index is 12.3. The molecular weight excluding hydrogens is 344 g/mol. The zero-order chi connectivity index (χ0) is 18.4. The number of ether oxygens (including phenoxy) is 1. The van der Waals surface area contributed by atoms with Gasteiger partial charge in [0, 0.05) is 29.7 Å². The number of carbonyl (C=O) groups is 1. The first kappa shape index (κ1) is 18.4.